The minimum absolute atomic E-state index is 0.0863. The van der Waals surface area contributed by atoms with Gasteiger partial charge in [-0.3, -0.25) is 9.59 Å². The van der Waals surface area contributed by atoms with Gasteiger partial charge in [-0.1, -0.05) is 0 Å². The number of primary amides is 1. The van der Waals surface area contributed by atoms with Crippen LogP contribution >= 0.6 is 27.3 Å². The summed E-state index contributed by atoms with van der Waals surface area (Å²) in [5.41, 5.74) is 5.23. The third-order valence-corrected chi connectivity index (χ3v) is 3.80. The lowest BCUT2D eigenvalue weighted by Crippen LogP contribution is -2.12. The van der Waals surface area contributed by atoms with Crippen LogP contribution in [0.2, 0.25) is 0 Å². The van der Waals surface area contributed by atoms with Crippen LogP contribution in [0.4, 0.5) is 5.13 Å². The number of carbonyl (C=O) groups excluding carboxylic acids is 2. The van der Waals surface area contributed by atoms with E-state index in [-0.39, 0.29) is 16.3 Å². The van der Waals surface area contributed by atoms with E-state index >= 15 is 0 Å². The lowest BCUT2D eigenvalue weighted by Gasteiger charge is -1.93. The highest BCUT2D eigenvalue weighted by atomic mass is 79.9. The molecule has 0 aromatic carbocycles. The number of thiazole rings is 1. The molecule has 2 amide bonds. The normalized spacial score (nSPS) is 10.5. The highest BCUT2D eigenvalue weighted by Gasteiger charge is 2.15. The van der Waals surface area contributed by atoms with Gasteiger partial charge in [0, 0.05) is 24.4 Å². The van der Waals surface area contributed by atoms with Crippen LogP contribution in [0.25, 0.3) is 0 Å². The molecular formula is C11H11BrN4O3S. The fourth-order valence-electron chi connectivity index (χ4n) is 1.46. The first kappa shape index (κ1) is 14.7. The summed E-state index contributed by atoms with van der Waals surface area (Å²) in [5, 5.41) is 3.17. The molecule has 9 heteroatoms. The number of halogens is 1. The maximum absolute atomic E-state index is 11.0. The molecule has 106 valence electrons. The van der Waals surface area contributed by atoms with Gasteiger partial charge in [-0.15, -0.1) is 11.3 Å². The molecule has 0 aliphatic rings. The first-order valence-electron chi connectivity index (χ1n) is 5.63. The third-order valence-electron chi connectivity index (χ3n) is 2.29. The van der Waals surface area contributed by atoms with Gasteiger partial charge in [0.25, 0.3) is 5.91 Å². The van der Waals surface area contributed by atoms with Crippen LogP contribution in [0.5, 0.6) is 0 Å². The van der Waals surface area contributed by atoms with Gasteiger partial charge in [-0.05, 0) is 22.4 Å². The Labute approximate surface area is 126 Å². The fraction of sp³-hybridized carbons (Fsp3) is 0.273. The van der Waals surface area contributed by atoms with E-state index < -0.39 is 5.91 Å². The van der Waals surface area contributed by atoms with Crippen LogP contribution in [0, 0.1) is 0 Å². The van der Waals surface area contributed by atoms with E-state index in [2.05, 4.69) is 31.2 Å². The molecule has 0 bridgehead atoms. The highest BCUT2D eigenvalue weighted by Crippen LogP contribution is 2.22. The SMILES string of the molecule is CC(=O)Nc1ncc(CCc2nc(C(N)=O)c(Br)o2)s1. The zero-order chi connectivity index (χ0) is 14.7. The minimum atomic E-state index is -0.641. The number of nitrogens with zero attached hydrogens (tertiary/aromatic N) is 2. The Bertz CT molecular complexity index is 652. The van der Waals surface area contributed by atoms with Crippen molar-refractivity contribution in [3.63, 3.8) is 0 Å². The lowest BCUT2D eigenvalue weighted by molar-refractivity contribution is -0.114. The second kappa shape index (κ2) is 6.14. The number of aryl methyl sites for hydroxylation is 2. The first-order valence-corrected chi connectivity index (χ1v) is 7.24. The van der Waals surface area contributed by atoms with Crippen molar-refractivity contribution in [2.45, 2.75) is 19.8 Å². The number of hydrogen-bond acceptors (Lipinski definition) is 6. The summed E-state index contributed by atoms with van der Waals surface area (Å²) < 4.78 is 5.53. The summed E-state index contributed by atoms with van der Waals surface area (Å²) in [7, 11) is 0. The predicted molar refractivity (Wildman–Crippen MR) is 76.5 cm³/mol. The molecule has 2 rings (SSSR count). The number of anilines is 1. The maximum atomic E-state index is 11.0. The second-order valence-electron chi connectivity index (χ2n) is 3.91. The van der Waals surface area contributed by atoms with Crippen molar-refractivity contribution in [2.24, 2.45) is 5.73 Å². The van der Waals surface area contributed by atoms with Crippen LogP contribution in [0.3, 0.4) is 0 Å². The average molecular weight is 359 g/mol. The van der Waals surface area contributed by atoms with E-state index in [0.717, 1.165) is 4.88 Å². The predicted octanol–water partition coefficient (Wildman–Crippen LogP) is 1.74. The van der Waals surface area contributed by atoms with Crippen molar-refractivity contribution < 1.29 is 14.0 Å². The van der Waals surface area contributed by atoms with E-state index in [1.165, 1.54) is 18.3 Å². The largest absolute Gasteiger partial charge is 0.433 e. The van der Waals surface area contributed by atoms with Crippen LogP contribution in [0.15, 0.2) is 15.3 Å². The van der Waals surface area contributed by atoms with Gasteiger partial charge < -0.3 is 15.5 Å². The van der Waals surface area contributed by atoms with Gasteiger partial charge in [0.15, 0.2) is 16.7 Å². The van der Waals surface area contributed by atoms with Gasteiger partial charge in [0.05, 0.1) is 0 Å². The number of rotatable bonds is 5. The number of hydrogen-bond donors (Lipinski definition) is 2. The van der Waals surface area contributed by atoms with Gasteiger partial charge in [-0.25, -0.2) is 9.97 Å². The molecule has 2 aromatic rings. The Balaban J connectivity index is 1.98. The van der Waals surface area contributed by atoms with Gasteiger partial charge in [0.2, 0.25) is 10.6 Å². The van der Waals surface area contributed by atoms with E-state index in [1.54, 1.807) is 6.20 Å². The Morgan fingerprint density at radius 3 is 2.85 bits per heavy atom. The molecule has 7 nitrogen and oxygen atoms in total. The van der Waals surface area contributed by atoms with Crippen molar-refractivity contribution in [2.75, 3.05) is 5.32 Å². The summed E-state index contributed by atoms with van der Waals surface area (Å²) in [6.45, 7) is 1.43. The molecular weight excluding hydrogens is 348 g/mol. The summed E-state index contributed by atoms with van der Waals surface area (Å²) in [4.78, 5) is 31.0. The minimum Gasteiger partial charge on any atom is -0.433 e. The Morgan fingerprint density at radius 2 is 2.25 bits per heavy atom. The summed E-state index contributed by atoms with van der Waals surface area (Å²) in [5.74, 6) is -0.383. The molecule has 0 radical (unpaired) electrons. The van der Waals surface area contributed by atoms with Crippen LogP contribution in [-0.2, 0) is 17.6 Å². The Hall–Kier alpha value is -1.74. The zero-order valence-corrected chi connectivity index (χ0v) is 12.9. The van der Waals surface area contributed by atoms with E-state index in [1.807, 2.05) is 0 Å². The monoisotopic (exact) mass is 358 g/mol. The number of nitrogens with two attached hydrogens (primary N) is 1. The molecule has 0 fully saturated rings. The van der Waals surface area contributed by atoms with E-state index in [0.29, 0.717) is 23.9 Å². The maximum Gasteiger partial charge on any atom is 0.271 e. The van der Waals surface area contributed by atoms with Crippen molar-refractivity contribution >= 4 is 44.2 Å². The smallest absolute Gasteiger partial charge is 0.271 e. The molecule has 0 saturated heterocycles. The summed E-state index contributed by atoms with van der Waals surface area (Å²) >= 11 is 4.47. The van der Waals surface area contributed by atoms with Gasteiger partial charge in [0.1, 0.15) is 0 Å². The summed E-state index contributed by atoms with van der Waals surface area (Å²) in [6, 6.07) is 0. The van der Waals surface area contributed by atoms with Crippen molar-refractivity contribution in [3.05, 3.63) is 27.3 Å². The first-order chi connectivity index (χ1) is 9.45. The second-order valence-corrected chi connectivity index (χ2v) is 5.74. The van der Waals surface area contributed by atoms with E-state index in [4.69, 9.17) is 10.2 Å². The molecule has 2 aromatic heterocycles. The molecule has 2 heterocycles. The molecule has 0 aliphatic carbocycles. The zero-order valence-electron chi connectivity index (χ0n) is 10.5. The molecule has 0 spiro atoms. The molecule has 0 aliphatic heterocycles. The van der Waals surface area contributed by atoms with Crippen LogP contribution in [-0.4, -0.2) is 21.8 Å². The molecule has 0 unspecified atom stereocenters. The van der Waals surface area contributed by atoms with Crippen molar-refractivity contribution in [1.29, 1.82) is 0 Å². The summed E-state index contributed by atoms with van der Waals surface area (Å²) in [6.07, 6.45) is 2.83. The highest BCUT2D eigenvalue weighted by molar-refractivity contribution is 9.10. The number of aromatic nitrogens is 2. The molecule has 20 heavy (non-hydrogen) atoms. The lowest BCUT2D eigenvalue weighted by atomic mass is 10.3. The van der Waals surface area contributed by atoms with Crippen LogP contribution in [0.1, 0.15) is 28.2 Å². The Kier molecular flexibility index (Phi) is 4.50. The topological polar surface area (TPSA) is 111 Å². The fourth-order valence-corrected chi connectivity index (χ4v) is 2.79. The van der Waals surface area contributed by atoms with E-state index in [9.17, 15) is 9.59 Å². The molecule has 0 saturated carbocycles. The Morgan fingerprint density at radius 1 is 1.50 bits per heavy atom. The number of nitrogens with one attached hydrogen (secondary N) is 1. The van der Waals surface area contributed by atoms with Crippen molar-refractivity contribution in [1.82, 2.24) is 9.97 Å². The van der Waals surface area contributed by atoms with Crippen LogP contribution < -0.4 is 11.1 Å². The standard InChI is InChI=1S/C11H11BrN4O3S/c1-5(17)15-11-14-4-6(20-11)2-3-7-16-8(10(13)18)9(12)19-7/h4H,2-3H2,1H3,(H2,13,18)(H,14,15,17). The van der Waals surface area contributed by atoms with Crippen molar-refractivity contribution in [3.8, 4) is 0 Å². The number of carbonyl (C=O) groups is 2. The third kappa shape index (κ3) is 3.64. The van der Waals surface area contributed by atoms with Gasteiger partial charge >= 0.3 is 0 Å². The quantitative estimate of drug-likeness (QED) is 0.845. The number of oxazole rings is 1. The molecule has 3 N–H and O–H groups in total. The average Bonchev–Trinajstić information content (AvgIpc) is 2.92. The number of amides is 2. The molecule has 0 atom stereocenters. The van der Waals surface area contributed by atoms with Gasteiger partial charge in [-0.2, -0.15) is 0 Å².